The zero-order chi connectivity index (χ0) is 42.0. The maximum absolute atomic E-state index is 14.9. The first-order valence-electron chi connectivity index (χ1n) is 17.2. The number of carbonyl (C=O) groups excluding carboxylic acids is 5. The van der Waals surface area contributed by atoms with E-state index < -0.39 is 71.5 Å². The lowest BCUT2D eigenvalue weighted by Crippen LogP contribution is -2.48. The van der Waals surface area contributed by atoms with E-state index in [0.717, 1.165) is 40.8 Å². The average molecular weight is 791 g/mol. The first-order valence-corrected chi connectivity index (χ1v) is 17.2. The van der Waals surface area contributed by atoms with Crippen molar-refractivity contribution in [3.05, 3.63) is 95.8 Å². The Balaban J connectivity index is 0.00000109. The number of carboxylic acid groups (broad SMARTS) is 1. The van der Waals surface area contributed by atoms with Crippen LogP contribution in [-0.4, -0.2) is 93.4 Å². The van der Waals surface area contributed by atoms with Gasteiger partial charge >= 0.3 is 12.1 Å². The Morgan fingerprint density at radius 1 is 0.911 bits per heavy atom. The fraction of sp³-hybridized carbons (Fsp3) is 0.368. The zero-order valence-corrected chi connectivity index (χ0v) is 31.0. The number of nitrogens with one attached hydrogen (secondary N) is 2. The molecule has 1 aromatic heterocycles. The molecule has 1 aliphatic heterocycles. The summed E-state index contributed by atoms with van der Waals surface area (Å²) >= 11 is 0. The third-order valence-electron chi connectivity index (χ3n) is 8.39. The number of nitrogens with zero attached hydrogens (tertiary/aromatic N) is 3. The molecule has 5 amide bonds. The number of nitrogens with two attached hydrogens (primary N) is 1. The summed E-state index contributed by atoms with van der Waals surface area (Å²) in [6, 6.07) is 13.2. The number of hydrogen-bond donors (Lipinski definition) is 4. The summed E-state index contributed by atoms with van der Waals surface area (Å²) in [6.07, 6.45) is -1.04. The van der Waals surface area contributed by atoms with Crippen LogP contribution in [0.2, 0.25) is 0 Å². The number of rotatable bonds is 14. The molecule has 0 radical (unpaired) electrons. The minimum atomic E-state index is -5.08. The second kappa shape index (κ2) is 19.1. The van der Waals surface area contributed by atoms with Crippen LogP contribution in [0.4, 0.5) is 22.0 Å². The monoisotopic (exact) mass is 790 g/mol. The quantitative estimate of drug-likeness (QED) is 0.108. The molecular weight excluding hydrogens is 747 g/mol. The van der Waals surface area contributed by atoms with E-state index in [4.69, 9.17) is 15.6 Å². The number of aromatic nitrogens is 1. The molecule has 56 heavy (non-hydrogen) atoms. The second-order valence-corrected chi connectivity index (χ2v) is 13.8. The molecule has 2 unspecified atom stereocenters. The molecule has 2 atom stereocenters. The zero-order valence-electron chi connectivity index (χ0n) is 31.0. The maximum atomic E-state index is 14.9. The Kier molecular flexibility index (Phi) is 15.2. The van der Waals surface area contributed by atoms with Gasteiger partial charge in [0, 0.05) is 68.3 Å². The lowest BCUT2D eigenvalue weighted by molar-refractivity contribution is -0.192. The molecule has 0 saturated carbocycles. The number of carbonyl (C=O) groups is 6. The molecule has 0 saturated heterocycles. The Morgan fingerprint density at radius 3 is 2.05 bits per heavy atom. The number of hydrogen-bond acceptors (Lipinski definition) is 7. The lowest BCUT2D eigenvalue weighted by Gasteiger charge is -2.41. The number of carboxylic acids is 1. The van der Waals surface area contributed by atoms with Crippen molar-refractivity contribution in [1.82, 2.24) is 25.0 Å². The molecule has 13 nitrogen and oxygen atoms in total. The van der Waals surface area contributed by atoms with Gasteiger partial charge < -0.3 is 30.9 Å². The lowest BCUT2D eigenvalue weighted by atomic mass is 9.82. The molecule has 5 N–H and O–H groups in total. The standard InChI is InChI=1S/C36H42F2N6O5.C2HF3O2/c1-23(45)43(17-14-29(39)35(49)41-16-15-40-31(46)22-44-32(47)12-13-33(44)48)34(36(2,3)4)30-18-25(27-19-26(37)10-11-28(27)38)21-42(30)20-24-8-6-5-7-9-24;3-2(4,5)1(6)7/h5-13,18-19,21,29,34H,14-17,20,22,39H2,1-4H3,(H,40,46)(H,41,49);(H,6,7). The van der Waals surface area contributed by atoms with E-state index in [2.05, 4.69) is 10.6 Å². The van der Waals surface area contributed by atoms with Crippen molar-refractivity contribution < 1.29 is 55.8 Å². The summed E-state index contributed by atoms with van der Waals surface area (Å²) in [7, 11) is 0. The number of halogens is 5. The summed E-state index contributed by atoms with van der Waals surface area (Å²) in [5.74, 6) is -6.36. The molecule has 2 aromatic carbocycles. The van der Waals surface area contributed by atoms with E-state index in [0.29, 0.717) is 17.8 Å². The minimum absolute atomic E-state index is 0.0409. The fourth-order valence-corrected chi connectivity index (χ4v) is 5.79. The predicted octanol–water partition coefficient (Wildman–Crippen LogP) is 3.93. The van der Waals surface area contributed by atoms with Gasteiger partial charge in [0.15, 0.2) is 0 Å². The van der Waals surface area contributed by atoms with Gasteiger partial charge in [-0.2, -0.15) is 13.2 Å². The summed E-state index contributed by atoms with van der Waals surface area (Å²) in [4.78, 5) is 72.8. The number of imide groups is 1. The third-order valence-corrected chi connectivity index (χ3v) is 8.39. The molecule has 0 fully saturated rings. The summed E-state index contributed by atoms with van der Waals surface area (Å²) in [5.41, 5.74) is 7.91. The number of benzene rings is 2. The smallest absolute Gasteiger partial charge is 0.475 e. The predicted molar refractivity (Wildman–Crippen MR) is 193 cm³/mol. The van der Waals surface area contributed by atoms with E-state index in [1.54, 1.807) is 17.2 Å². The Hall–Kier alpha value is -5.91. The van der Waals surface area contributed by atoms with Crippen molar-refractivity contribution in [2.45, 2.75) is 58.9 Å². The minimum Gasteiger partial charge on any atom is -0.475 e. The largest absolute Gasteiger partial charge is 0.490 e. The van der Waals surface area contributed by atoms with Gasteiger partial charge in [-0.3, -0.25) is 28.9 Å². The van der Waals surface area contributed by atoms with Crippen molar-refractivity contribution in [3.63, 3.8) is 0 Å². The molecule has 4 rings (SSSR count). The van der Waals surface area contributed by atoms with Crippen LogP contribution in [0.3, 0.4) is 0 Å². The van der Waals surface area contributed by atoms with Crippen LogP contribution in [0.25, 0.3) is 11.1 Å². The van der Waals surface area contributed by atoms with Gasteiger partial charge in [-0.05, 0) is 41.7 Å². The van der Waals surface area contributed by atoms with Crippen molar-refractivity contribution in [3.8, 4) is 11.1 Å². The first-order chi connectivity index (χ1) is 26.1. The highest BCUT2D eigenvalue weighted by Crippen LogP contribution is 2.41. The molecule has 3 aromatic rings. The van der Waals surface area contributed by atoms with E-state index in [1.165, 1.54) is 6.92 Å². The Morgan fingerprint density at radius 2 is 1.50 bits per heavy atom. The molecule has 302 valence electrons. The molecule has 1 aliphatic rings. The maximum Gasteiger partial charge on any atom is 0.490 e. The molecule has 0 aliphatic carbocycles. The highest BCUT2D eigenvalue weighted by molar-refractivity contribution is 6.14. The van der Waals surface area contributed by atoms with Gasteiger partial charge in [-0.1, -0.05) is 51.1 Å². The van der Waals surface area contributed by atoms with E-state index in [-0.39, 0.29) is 37.5 Å². The van der Waals surface area contributed by atoms with Crippen LogP contribution < -0.4 is 16.4 Å². The Bertz CT molecular complexity index is 1920. The van der Waals surface area contributed by atoms with Gasteiger partial charge in [0.1, 0.15) is 18.2 Å². The molecule has 0 spiro atoms. The molecule has 2 heterocycles. The van der Waals surface area contributed by atoms with Crippen molar-refractivity contribution in [2.24, 2.45) is 11.1 Å². The van der Waals surface area contributed by atoms with Gasteiger partial charge in [0.2, 0.25) is 17.7 Å². The van der Waals surface area contributed by atoms with Gasteiger partial charge in [0.05, 0.1) is 12.1 Å². The summed E-state index contributed by atoms with van der Waals surface area (Å²) in [5, 5.41) is 12.3. The average Bonchev–Trinajstić information content (AvgIpc) is 3.66. The number of aliphatic carboxylic acids is 1. The van der Waals surface area contributed by atoms with Crippen LogP contribution in [0, 0.1) is 17.0 Å². The van der Waals surface area contributed by atoms with Crippen molar-refractivity contribution >= 4 is 35.5 Å². The van der Waals surface area contributed by atoms with Crippen LogP contribution in [-0.2, 0) is 35.3 Å². The molecular formula is C38H43F5N6O7. The van der Waals surface area contributed by atoms with E-state index >= 15 is 0 Å². The van der Waals surface area contributed by atoms with Crippen LogP contribution in [0.1, 0.15) is 51.4 Å². The second-order valence-electron chi connectivity index (χ2n) is 13.8. The number of amides is 5. The highest BCUT2D eigenvalue weighted by atomic mass is 19.4. The summed E-state index contributed by atoms with van der Waals surface area (Å²) < 4.78 is 62.9. The van der Waals surface area contributed by atoms with Crippen molar-refractivity contribution in [2.75, 3.05) is 26.2 Å². The highest BCUT2D eigenvalue weighted by Gasteiger charge is 2.38. The first kappa shape index (κ1) is 44.5. The van der Waals surface area contributed by atoms with Crippen LogP contribution >= 0.6 is 0 Å². The van der Waals surface area contributed by atoms with Crippen molar-refractivity contribution in [1.29, 1.82) is 0 Å². The van der Waals surface area contributed by atoms with Gasteiger partial charge in [-0.25, -0.2) is 13.6 Å². The Labute approximate surface area is 319 Å². The SMILES string of the molecule is CC(=O)N(CCC(N)C(=O)NCCNC(=O)CN1C(=O)C=CC1=O)C(c1cc(-c2cc(F)ccc2F)cn1Cc1ccccc1)C(C)(C)C.O=C(O)C(F)(F)F. The number of alkyl halides is 3. The van der Waals surface area contributed by atoms with Crippen LogP contribution in [0.15, 0.2) is 72.9 Å². The fourth-order valence-electron chi connectivity index (χ4n) is 5.79. The van der Waals surface area contributed by atoms with Crippen LogP contribution in [0.5, 0.6) is 0 Å². The third kappa shape index (κ3) is 12.6. The molecule has 18 heteroatoms. The van der Waals surface area contributed by atoms with E-state index in [9.17, 15) is 45.9 Å². The van der Waals surface area contributed by atoms with Gasteiger partial charge in [0.25, 0.3) is 11.8 Å². The molecule has 0 bridgehead atoms. The normalized spacial score (nSPS) is 13.8. The van der Waals surface area contributed by atoms with Gasteiger partial charge in [-0.15, -0.1) is 0 Å². The topological polar surface area (TPSA) is 184 Å². The summed E-state index contributed by atoms with van der Waals surface area (Å²) in [6.45, 7) is 7.55. The van der Waals surface area contributed by atoms with E-state index in [1.807, 2.05) is 55.7 Å².